The lowest BCUT2D eigenvalue weighted by molar-refractivity contribution is 0.476. The van der Waals surface area contributed by atoms with Gasteiger partial charge in [-0.25, -0.2) is 0 Å². The van der Waals surface area contributed by atoms with Crippen LogP contribution in [0.3, 0.4) is 0 Å². The van der Waals surface area contributed by atoms with Crippen LogP contribution in [0.15, 0.2) is 45.3 Å². The summed E-state index contributed by atoms with van der Waals surface area (Å²) in [6.07, 6.45) is 2.50. The van der Waals surface area contributed by atoms with Gasteiger partial charge < -0.3 is 9.73 Å². The van der Waals surface area contributed by atoms with Crippen LogP contribution >= 0.6 is 15.9 Å². The molecule has 1 aromatic heterocycles. The quantitative estimate of drug-likeness (QED) is 0.780. The van der Waals surface area contributed by atoms with Gasteiger partial charge >= 0.3 is 0 Å². The Morgan fingerprint density at radius 2 is 1.90 bits per heavy atom. The average molecular weight is 344 g/mol. The standard InChI is InChI=1S/C16H14BrN3O/c17-13-4-3-10-7-12(2-1-11(10)8-13)16-20-19-15(21-16)9-18-14-5-6-14/h1-4,7-8,14,18H,5-6,9H2. The van der Waals surface area contributed by atoms with E-state index in [1.54, 1.807) is 0 Å². The Hall–Kier alpha value is -1.72. The summed E-state index contributed by atoms with van der Waals surface area (Å²) in [5.74, 6) is 1.22. The monoisotopic (exact) mass is 343 g/mol. The molecule has 0 saturated heterocycles. The predicted molar refractivity (Wildman–Crippen MR) is 84.8 cm³/mol. The molecule has 21 heavy (non-hydrogen) atoms. The van der Waals surface area contributed by atoms with Crippen LogP contribution in [0.5, 0.6) is 0 Å². The Bertz CT molecular complexity index is 795. The number of aromatic nitrogens is 2. The van der Waals surface area contributed by atoms with E-state index in [0.29, 0.717) is 24.4 Å². The van der Waals surface area contributed by atoms with E-state index in [4.69, 9.17) is 4.42 Å². The first-order chi connectivity index (χ1) is 10.3. The molecule has 0 spiro atoms. The predicted octanol–water partition coefficient (Wildman–Crippen LogP) is 3.90. The van der Waals surface area contributed by atoms with Crippen molar-refractivity contribution in [3.8, 4) is 11.5 Å². The topological polar surface area (TPSA) is 51.0 Å². The number of hydrogen-bond donors (Lipinski definition) is 1. The molecule has 2 aromatic carbocycles. The molecule has 1 fully saturated rings. The first kappa shape index (κ1) is 13.0. The molecule has 106 valence electrons. The average Bonchev–Trinajstić information content (AvgIpc) is 3.21. The van der Waals surface area contributed by atoms with Gasteiger partial charge in [-0.2, -0.15) is 0 Å². The SMILES string of the molecule is Brc1ccc2cc(-c3nnc(CNC4CC4)o3)ccc2c1. The zero-order chi connectivity index (χ0) is 14.2. The first-order valence-corrected chi connectivity index (χ1v) is 7.83. The van der Waals surface area contributed by atoms with Crippen molar-refractivity contribution < 1.29 is 4.42 Å². The highest BCUT2D eigenvalue weighted by molar-refractivity contribution is 9.10. The molecule has 0 bridgehead atoms. The second kappa shape index (κ2) is 5.24. The van der Waals surface area contributed by atoms with Gasteiger partial charge in [-0.1, -0.05) is 28.1 Å². The molecular formula is C16H14BrN3O. The van der Waals surface area contributed by atoms with Gasteiger partial charge in [-0.05, 0) is 47.9 Å². The number of fused-ring (bicyclic) bond motifs is 1. The molecule has 0 radical (unpaired) electrons. The highest BCUT2D eigenvalue weighted by atomic mass is 79.9. The molecule has 5 heteroatoms. The number of nitrogens with zero attached hydrogens (tertiary/aromatic N) is 2. The summed E-state index contributed by atoms with van der Waals surface area (Å²) in [7, 11) is 0. The Morgan fingerprint density at radius 3 is 2.76 bits per heavy atom. The summed E-state index contributed by atoms with van der Waals surface area (Å²) in [5.41, 5.74) is 0.954. The number of rotatable bonds is 4. The highest BCUT2D eigenvalue weighted by Crippen LogP contribution is 2.26. The molecule has 1 N–H and O–H groups in total. The van der Waals surface area contributed by atoms with Crippen molar-refractivity contribution >= 4 is 26.7 Å². The fourth-order valence-electron chi connectivity index (χ4n) is 2.31. The Kier molecular flexibility index (Phi) is 3.24. The minimum atomic E-state index is 0.576. The molecule has 0 atom stereocenters. The third-order valence-corrected chi connectivity index (χ3v) is 4.13. The van der Waals surface area contributed by atoms with Gasteiger partial charge in [0.15, 0.2) is 0 Å². The lowest BCUT2D eigenvalue weighted by atomic mass is 10.1. The van der Waals surface area contributed by atoms with Crippen LogP contribution in [0.25, 0.3) is 22.2 Å². The van der Waals surface area contributed by atoms with E-state index in [2.05, 4.69) is 55.7 Å². The van der Waals surface area contributed by atoms with Gasteiger partial charge in [0.05, 0.1) is 6.54 Å². The van der Waals surface area contributed by atoms with Crippen molar-refractivity contribution in [2.45, 2.75) is 25.4 Å². The second-order valence-corrected chi connectivity index (χ2v) is 6.28. The summed E-state index contributed by atoms with van der Waals surface area (Å²) < 4.78 is 6.80. The molecule has 4 rings (SSSR count). The van der Waals surface area contributed by atoms with Gasteiger partial charge in [0.2, 0.25) is 11.8 Å². The molecular weight excluding hydrogens is 330 g/mol. The number of hydrogen-bond acceptors (Lipinski definition) is 4. The van der Waals surface area contributed by atoms with Crippen molar-refractivity contribution in [3.63, 3.8) is 0 Å². The first-order valence-electron chi connectivity index (χ1n) is 7.03. The smallest absolute Gasteiger partial charge is 0.247 e. The van der Waals surface area contributed by atoms with E-state index < -0.39 is 0 Å². The summed E-state index contributed by atoms with van der Waals surface area (Å²) in [6.45, 7) is 0.651. The molecule has 1 aliphatic carbocycles. The molecule has 1 heterocycles. The van der Waals surface area contributed by atoms with E-state index >= 15 is 0 Å². The van der Waals surface area contributed by atoms with Gasteiger partial charge in [-0.3, -0.25) is 0 Å². The number of nitrogens with one attached hydrogen (secondary N) is 1. The minimum absolute atomic E-state index is 0.576. The van der Waals surface area contributed by atoms with E-state index in [1.165, 1.54) is 18.2 Å². The number of benzene rings is 2. The second-order valence-electron chi connectivity index (χ2n) is 5.36. The van der Waals surface area contributed by atoms with Gasteiger partial charge in [-0.15, -0.1) is 10.2 Å². The van der Waals surface area contributed by atoms with Crippen LogP contribution in [0.2, 0.25) is 0 Å². The Balaban J connectivity index is 1.61. The van der Waals surface area contributed by atoms with Crippen LogP contribution < -0.4 is 5.32 Å². The highest BCUT2D eigenvalue weighted by Gasteiger charge is 2.21. The fraction of sp³-hybridized carbons (Fsp3) is 0.250. The summed E-state index contributed by atoms with van der Waals surface area (Å²) in [4.78, 5) is 0. The number of halogens is 1. The Labute approximate surface area is 130 Å². The van der Waals surface area contributed by atoms with Crippen molar-refractivity contribution in [1.29, 1.82) is 0 Å². The maximum absolute atomic E-state index is 5.73. The lowest BCUT2D eigenvalue weighted by Crippen LogP contribution is -2.15. The van der Waals surface area contributed by atoms with Gasteiger partial charge in [0, 0.05) is 16.1 Å². The van der Waals surface area contributed by atoms with Crippen molar-refractivity contribution in [3.05, 3.63) is 46.8 Å². The molecule has 1 aliphatic rings. The van der Waals surface area contributed by atoms with Crippen LogP contribution in [-0.2, 0) is 6.54 Å². The van der Waals surface area contributed by atoms with Crippen LogP contribution in [-0.4, -0.2) is 16.2 Å². The lowest BCUT2D eigenvalue weighted by Gasteiger charge is -2.01. The molecule has 0 aliphatic heterocycles. The van der Waals surface area contributed by atoms with Crippen molar-refractivity contribution in [1.82, 2.24) is 15.5 Å². The third-order valence-electron chi connectivity index (χ3n) is 3.64. The third kappa shape index (κ3) is 2.84. The molecule has 4 nitrogen and oxygen atoms in total. The maximum Gasteiger partial charge on any atom is 0.247 e. The zero-order valence-electron chi connectivity index (χ0n) is 11.3. The summed E-state index contributed by atoms with van der Waals surface area (Å²) in [6, 6.07) is 13.0. The summed E-state index contributed by atoms with van der Waals surface area (Å²) in [5, 5.41) is 14.0. The molecule has 0 amide bonds. The fourth-order valence-corrected chi connectivity index (χ4v) is 2.69. The minimum Gasteiger partial charge on any atom is -0.419 e. The van der Waals surface area contributed by atoms with E-state index in [9.17, 15) is 0 Å². The molecule has 0 unspecified atom stereocenters. The van der Waals surface area contributed by atoms with Crippen LogP contribution in [0.4, 0.5) is 0 Å². The van der Waals surface area contributed by atoms with Gasteiger partial charge in [0.25, 0.3) is 0 Å². The largest absolute Gasteiger partial charge is 0.419 e. The Morgan fingerprint density at radius 1 is 1.10 bits per heavy atom. The van der Waals surface area contributed by atoms with E-state index in [1.807, 2.05) is 12.1 Å². The zero-order valence-corrected chi connectivity index (χ0v) is 12.9. The van der Waals surface area contributed by atoms with Crippen molar-refractivity contribution in [2.24, 2.45) is 0 Å². The van der Waals surface area contributed by atoms with Crippen LogP contribution in [0, 0.1) is 0 Å². The van der Waals surface area contributed by atoms with Crippen LogP contribution in [0.1, 0.15) is 18.7 Å². The molecule has 1 saturated carbocycles. The molecule has 3 aromatic rings. The maximum atomic E-state index is 5.73. The van der Waals surface area contributed by atoms with E-state index in [-0.39, 0.29) is 0 Å². The summed E-state index contributed by atoms with van der Waals surface area (Å²) >= 11 is 3.49. The van der Waals surface area contributed by atoms with E-state index in [0.717, 1.165) is 15.4 Å². The normalized spacial score (nSPS) is 14.7. The van der Waals surface area contributed by atoms with Crippen molar-refractivity contribution in [2.75, 3.05) is 0 Å². The van der Waals surface area contributed by atoms with Gasteiger partial charge in [0.1, 0.15) is 0 Å².